The van der Waals surface area contributed by atoms with Crippen LogP contribution in [0.15, 0.2) is 0 Å². The summed E-state index contributed by atoms with van der Waals surface area (Å²) in [5, 5.41) is 6.24. The van der Waals surface area contributed by atoms with Crippen LogP contribution in [0.5, 0.6) is 0 Å². The lowest BCUT2D eigenvalue weighted by molar-refractivity contribution is -0.121. The minimum Gasteiger partial charge on any atom is -0.381 e. The van der Waals surface area contributed by atoms with E-state index in [1.165, 1.54) is 12.8 Å². The van der Waals surface area contributed by atoms with Gasteiger partial charge in [-0.05, 0) is 50.6 Å². The minimum atomic E-state index is 0.195. The number of nitrogens with one attached hydrogen (secondary N) is 2. The Bertz CT molecular complexity index is 236. The topological polar surface area (TPSA) is 50.4 Å². The van der Waals surface area contributed by atoms with Crippen LogP contribution in [-0.2, 0) is 9.53 Å². The summed E-state index contributed by atoms with van der Waals surface area (Å²) in [5.41, 5.74) is 0. The van der Waals surface area contributed by atoms with Gasteiger partial charge in [0.25, 0.3) is 0 Å². The van der Waals surface area contributed by atoms with Gasteiger partial charge in [-0.2, -0.15) is 0 Å². The fraction of sp³-hybridized carbons (Fsp3) is 0.923. The molecule has 4 heteroatoms. The fourth-order valence-corrected chi connectivity index (χ4v) is 2.16. The van der Waals surface area contributed by atoms with Gasteiger partial charge >= 0.3 is 0 Å². The molecule has 0 aromatic carbocycles. The van der Waals surface area contributed by atoms with Crippen molar-refractivity contribution >= 4 is 5.91 Å². The average Bonchev–Trinajstić information content (AvgIpc) is 3.00. The predicted octanol–water partition coefficient (Wildman–Crippen LogP) is 0.919. The highest BCUT2D eigenvalue weighted by Gasteiger charge is 2.21. The van der Waals surface area contributed by atoms with Gasteiger partial charge in [0.2, 0.25) is 5.91 Å². The van der Waals surface area contributed by atoms with Crippen LogP contribution >= 0.6 is 0 Å². The van der Waals surface area contributed by atoms with Crippen LogP contribution in [0.25, 0.3) is 0 Å². The van der Waals surface area contributed by atoms with Crippen molar-refractivity contribution in [2.24, 2.45) is 11.8 Å². The van der Waals surface area contributed by atoms with Gasteiger partial charge in [-0.25, -0.2) is 0 Å². The number of hydrogen-bond acceptors (Lipinski definition) is 3. The summed E-state index contributed by atoms with van der Waals surface area (Å²) in [6, 6.07) is 0. The van der Waals surface area contributed by atoms with Crippen molar-refractivity contribution < 1.29 is 9.53 Å². The average molecular weight is 240 g/mol. The van der Waals surface area contributed by atoms with Gasteiger partial charge in [0.05, 0.1) is 0 Å². The highest BCUT2D eigenvalue weighted by molar-refractivity contribution is 5.76. The van der Waals surface area contributed by atoms with Gasteiger partial charge in [0.15, 0.2) is 0 Å². The maximum atomic E-state index is 11.6. The molecule has 1 saturated carbocycles. The predicted molar refractivity (Wildman–Crippen MR) is 66.8 cm³/mol. The molecule has 1 amide bonds. The number of amides is 1. The van der Waals surface area contributed by atoms with E-state index in [0.717, 1.165) is 51.6 Å². The molecule has 1 atom stereocenters. The maximum absolute atomic E-state index is 11.6. The smallest absolute Gasteiger partial charge is 0.220 e. The Morgan fingerprint density at radius 2 is 2.18 bits per heavy atom. The van der Waals surface area contributed by atoms with E-state index in [1.54, 1.807) is 0 Å². The molecule has 0 aromatic heterocycles. The quantitative estimate of drug-likeness (QED) is 0.620. The van der Waals surface area contributed by atoms with Gasteiger partial charge in [-0.3, -0.25) is 4.79 Å². The van der Waals surface area contributed by atoms with Crippen molar-refractivity contribution in [3.63, 3.8) is 0 Å². The summed E-state index contributed by atoms with van der Waals surface area (Å²) in [4.78, 5) is 11.6. The van der Waals surface area contributed by atoms with Gasteiger partial charge < -0.3 is 15.4 Å². The summed E-state index contributed by atoms with van der Waals surface area (Å²) in [6.07, 6.45) is 5.42. The van der Waals surface area contributed by atoms with E-state index in [0.29, 0.717) is 12.3 Å². The van der Waals surface area contributed by atoms with Crippen molar-refractivity contribution in [3.05, 3.63) is 0 Å². The van der Waals surface area contributed by atoms with Gasteiger partial charge in [-0.1, -0.05) is 0 Å². The molecular formula is C13H24N2O2. The maximum Gasteiger partial charge on any atom is 0.220 e. The molecule has 2 N–H and O–H groups in total. The Labute approximate surface area is 103 Å². The lowest BCUT2D eigenvalue weighted by Crippen LogP contribution is -2.27. The SMILES string of the molecule is O=C(CC1CCNC1)NCCCOCC1CC1. The summed E-state index contributed by atoms with van der Waals surface area (Å²) in [6.45, 7) is 4.51. The van der Waals surface area contributed by atoms with Gasteiger partial charge in [0, 0.05) is 26.2 Å². The molecule has 2 fully saturated rings. The lowest BCUT2D eigenvalue weighted by atomic mass is 10.0. The molecule has 1 heterocycles. The molecule has 0 spiro atoms. The van der Waals surface area contributed by atoms with Crippen LogP contribution in [0.1, 0.15) is 32.1 Å². The number of hydrogen-bond donors (Lipinski definition) is 2. The van der Waals surface area contributed by atoms with Crippen LogP contribution in [0.4, 0.5) is 0 Å². The normalized spacial score (nSPS) is 23.9. The Morgan fingerprint density at radius 1 is 1.29 bits per heavy atom. The molecule has 1 unspecified atom stereocenters. The number of carbonyl (C=O) groups is 1. The van der Waals surface area contributed by atoms with E-state index in [-0.39, 0.29) is 5.91 Å². The van der Waals surface area contributed by atoms with E-state index in [2.05, 4.69) is 10.6 Å². The Morgan fingerprint density at radius 3 is 2.88 bits per heavy atom. The highest BCUT2D eigenvalue weighted by Crippen LogP contribution is 2.28. The summed E-state index contributed by atoms with van der Waals surface area (Å²) in [7, 11) is 0. The third-order valence-corrected chi connectivity index (χ3v) is 3.47. The summed E-state index contributed by atoms with van der Waals surface area (Å²) < 4.78 is 5.51. The number of ether oxygens (including phenoxy) is 1. The molecule has 1 aliphatic carbocycles. The molecule has 1 aliphatic heterocycles. The molecule has 1 saturated heterocycles. The third-order valence-electron chi connectivity index (χ3n) is 3.47. The standard InChI is InChI=1S/C13H24N2O2/c16-13(8-12-4-6-14-9-12)15-5-1-7-17-10-11-2-3-11/h11-12,14H,1-10H2,(H,15,16). The lowest BCUT2D eigenvalue weighted by Gasteiger charge is -2.09. The summed E-state index contributed by atoms with van der Waals surface area (Å²) >= 11 is 0. The van der Waals surface area contributed by atoms with Crippen molar-refractivity contribution in [2.45, 2.75) is 32.1 Å². The number of carbonyl (C=O) groups excluding carboxylic acids is 1. The molecule has 0 bridgehead atoms. The first-order valence-electron chi connectivity index (χ1n) is 6.90. The van der Waals surface area contributed by atoms with Crippen LogP contribution in [0.2, 0.25) is 0 Å². The fourth-order valence-electron chi connectivity index (χ4n) is 2.16. The molecule has 17 heavy (non-hydrogen) atoms. The second-order valence-corrected chi connectivity index (χ2v) is 5.28. The second-order valence-electron chi connectivity index (χ2n) is 5.28. The molecule has 2 aliphatic rings. The van der Waals surface area contributed by atoms with Crippen LogP contribution in [0.3, 0.4) is 0 Å². The first-order valence-corrected chi connectivity index (χ1v) is 6.90. The van der Waals surface area contributed by atoms with Crippen molar-refractivity contribution in [1.82, 2.24) is 10.6 Å². The van der Waals surface area contributed by atoms with Crippen LogP contribution < -0.4 is 10.6 Å². The third kappa shape index (κ3) is 5.50. The van der Waals surface area contributed by atoms with Crippen LogP contribution in [-0.4, -0.2) is 38.8 Å². The molecule has 98 valence electrons. The monoisotopic (exact) mass is 240 g/mol. The van der Waals surface area contributed by atoms with E-state index >= 15 is 0 Å². The first-order chi connectivity index (χ1) is 8.34. The molecule has 0 radical (unpaired) electrons. The molecule has 2 rings (SSSR count). The van der Waals surface area contributed by atoms with E-state index in [9.17, 15) is 4.79 Å². The molecule has 4 nitrogen and oxygen atoms in total. The highest BCUT2D eigenvalue weighted by atomic mass is 16.5. The van der Waals surface area contributed by atoms with Crippen molar-refractivity contribution in [3.8, 4) is 0 Å². The van der Waals surface area contributed by atoms with E-state index in [4.69, 9.17) is 4.74 Å². The zero-order chi connectivity index (χ0) is 11.9. The second kappa shape index (κ2) is 6.97. The van der Waals surface area contributed by atoms with Crippen molar-refractivity contribution in [2.75, 3.05) is 32.8 Å². The first kappa shape index (κ1) is 12.8. The zero-order valence-electron chi connectivity index (χ0n) is 10.5. The van der Waals surface area contributed by atoms with Gasteiger partial charge in [-0.15, -0.1) is 0 Å². The van der Waals surface area contributed by atoms with E-state index < -0.39 is 0 Å². The molecular weight excluding hydrogens is 216 g/mol. The zero-order valence-corrected chi connectivity index (χ0v) is 10.5. The Hall–Kier alpha value is -0.610. The van der Waals surface area contributed by atoms with Crippen molar-refractivity contribution in [1.29, 1.82) is 0 Å². The largest absolute Gasteiger partial charge is 0.381 e. The summed E-state index contributed by atoms with van der Waals surface area (Å²) in [5.74, 6) is 1.57. The van der Waals surface area contributed by atoms with E-state index in [1.807, 2.05) is 0 Å². The van der Waals surface area contributed by atoms with Gasteiger partial charge in [0.1, 0.15) is 0 Å². The Kier molecular flexibility index (Phi) is 5.26. The number of rotatable bonds is 8. The van der Waals surface area contributed by atoms with Crippen LogP contribution in [0, 0.1) is 11.8 Å². The minimum absolute atomic E-state index is 0.195. The Balaban J connectivity index is 1.39. The molecule has 0 aromatic rings.